The van der Waals surface area contributed by atoms with Gasteiger partial charge in [0.15, 0.2) is 0 Å². The van der Waals surface area contributed by atoms with Gasteiger partial charge in [-0.2, -0.15) is 0 Å². The van der Waals surface area contributed by atoms with Crippen LogP contribution >= 0.6 is 11.6 Å². The first kappa shape index (κ1) is 16.0. The highest BCUT2D eigenvalue weighted by Crippen LogP contribution is 2.25. The van der Waals surface area contributed by atoms with Crippen molar-refractivity contribution in [3.8, 4) is 0 Å². The van der Waals surface area contributed by atoms with Crippen LogP contribution < -0.4 is 5.32 Å². The molecule has 1 heterocycles. The zero-order chi connectivity index (χ0) is 16.4. The maximum absolute atomic E-state index is 13.2. The van der Waals surface area contributed by atoms with E-state index >= 15 is 0 Å². The van der Waals surface area contributed by atoms with Crippen molar-refractivity contribution in [1.82, 2.24) is 9.88 Å². The molecular formula is C19H20ClFN2. The fourth-order valence-corrected chi connectivity index (χ4v) is 2.97. The summed E-state index contributed by atoms with van der Waals surface area (Å²) in [6, 6.07) is 13.3. The highest BCUT2D eigenvalue weighted by Gasteiger charge is 2.10. The molecule has 23 heavy (non-hydrogen) atoms. The summed E-state index contributed by atoms with van der Waals surface area (Å²) in [4.78, 5) is 0. The molecule has 0 aliphatic carbocycles. The van der Waals surface area contributed by atoms with Crippen molar-refractivity contribution in [3.63, 3.8) is 0 Å². The van der Waals surface area contributed by atoms with Gasteiger partial charge < -0.3 is 9.88 Å². The molecule has 0 amide bonds. The molecular weight excluding hydrogens is 311 g/mol. The lowest BCUT2D eigenvalue weighted by molar-refractivity contribution is 0.589. The second kappa shape index (κ2) is 6.73. The summed E-state index contributed by atoms with van der Waals surface area (Å²) in [5, 5.41) is 5.16. The van der Waals surface area contributed by atoms with Gasteiger partial charge in [0.05, 0.1) is 0 Å². The maximum atomic E-state index is 13.2. The van der Waals surface area contributed by atoms with Crippen molar-refractivity contribution in [3.05, 3.63) is 70.6 Å². The number of halogens is 2. The van der Waals surface area contributed by atoms with Gasteiger partial charge in [-0.15, -0.1) is 0 Å². The number of hydrogen-bond acceptors (Lipinski definition) is 1. The normalized spacial score (nSPS) is 11.5. The molecule has 0 aliphatic heterocycles. The van der Waals surface area contributed by atoms with Gasteiger partial charge in [-0.05, 0) is 29.3 Å². The lowest BCUT2D eigenvalue weighted by Crippen LogP contribution is -2.21. The quantitative estimate of drug-likeness (QED) is 0.698. The first-order valence-corrected chi connectivity index (χ1v) is 8.16. The standard InChI is InChI=1S/C19H20ClFN2/c1-13(2)22-10-15-12-23(19-6-4-3-5-17(15)19)11-14-7-8-16(21)9-18(14)20/h3-9,12-13,22H,10-11H2,1-2H3. The first-order valence-electron chi connectivity index (χ1n) is 7.78. The number of nitrogens with zero attached hydrogens (tertiary/aromatic N) is 1. The van der Waals surface area contributed by atoms with Gasteiger partial charge in [-0.3, -0.25) is 0 Å². The number of para-hydroxylation sites is 1. The van der Waals surface area contributed by atoms with E-state index in [0.717, 1.165) is 17.6 Å². The van der Waals surface area contributed by atoms with Gasteiger partial charge in [0.2, 0.25) is 0 Å². The molecule has 3 rings (SSSR count). The van der Waals surface area contributed by atoms with E-state index in [1.54, 1.807) is 6.07 Å². The number of benzene rings is 2. The van der Waals surface area contributed by atoms with E-state index in [1.807, 2.05) is 6.07 Å². The minimum absolute atomic E-state index is 0.307. The molecule has 1 N–H and O–H groups in total. The van der Waals surface area contributed by atoms with E-state index in [4.69, 9.17) is 11.6 Å². The molecule has 1 aromatic heterocycles. The maximum Gasteiger partial charge on any atom is 0.124 e. The summed E-state index contributed by atoms with van der Waals surface area (Å²) < 4.78 is 15.4. The summed E-state index contributed by atoms with van der Waals surface area (Å²) in [6.45, 7) is 5.72. The van der Waals surface area contributed by atoms with Crippen LogP contribution in [-0.4, -0.2) is 10.6 Å². The average molecular weight is 331 g/mol. The minimum Gasteiger partial charge on any atom is -0.343 e. The lowest BCUT2D eigenvalue weighted by Gasteiger charge is -2.08. The molecule has 2 aromatic carbocycles. The minimum atomic E-state index is -0.307. The molecule has 0 aliphatic rings. The fourth-order valence-electron chi connectivity index (χ4n) is 2.74. The average Bonchev–Trinajstić information content (AvgIpc) is 2.86. The smallest absolute Gasteiger partial charge is 0.124 e. The number of fused-ring (bicyclic) bond motifs is 1. The van der Waals surface area contributed by atoms with Crippen LogP contribution in [0.4, 0.5) is 4.39 Å². The zero-order valence-electron chi connectivity index (χ0n) is 13.3. The van der Waals surface area contributed by atoms with Crippen molar-refractivity contribution in [1.29, 1.82) is 0 Å². The van der Waals surface area contributed by atoms with E-state index in [0.29, 0.717) is 17.6 Å². The summed E-state index contributed by atoms with van der Waals surface area (Å²) in [7, 11) is 0. The Morgan fingerprint density at radius 3 is 2.65 bits per heavy atom. The Balaban J connectivity index is 1.97. The fraction of sp³-hybridized carbons (Fsp3) is 0.263. The lowest BCUT2D eigenvalue weighted by atomic mass is 10.1. The predicted molar refractivity (Wildman–Crippen MR) is 94.4 cm³/mol. The van der Waals surface area contributed by atoms with Gasteiger partial charge in [0, 0.05) is 41.3 Å². The van der Waals surface area contributed by atoms with Gasteiger partial charge in [-0.25, -0.2) is 4.39 Å². The molecule has 4 heteroatoms. The topological polar surface area (TPSA) is 17.0 Å². The van der Waals surface area contributed by atoms with E-state index < -0.39 is 0 Å². The largest absolute Gasteiger partial charge is 0.343 e. The van der Waals surface area contributed by atoms with Crippen LogP contribution in [0.25, 0.3) is 10.9 Å². The zero-order valence-corrected chi connectivity index (χ0v) is 14.1. The summed E-state index contributed by atoms with van der Waals surface area (Å²) in [5.41, 5.74) is 3.33. The molecule has 0 radical (unpaired) electrons. The van der Waals surface area contributed by atoms with Crippen LogP contribution in [0.1, 0.15) is 25.0 Å². The van der Waals surface area contributed by atoms with E-state index in [9.17, 15) is 4.39 Å². The van der Waals surface area contributed by atoms with Gasteiger partial charge in [-0.1, -0.05) is 49.7 Å². The van der Waals surface area contributed by atoms with Crippen molar-refractivity contribution in [2.75, 3.05) is 0 Å². The highest BCUT2D eigenvalue weighted by atomic mass is 35.5. The van der Waals surface area contributed by atoms with Crippen LogP contribution in [-0.2, 0) is 13.1 Å². The van der Waals surface area contributed by atoms with Crippen molar-refractivity contribution in [2.24, 2.45) is 0 Å². The Hall–Kier alpha value is -1.84. The molecule has 0 bridgehead atoms. The molecule has 0 unspecified atom stereocenters. The molecule has 3 aromatic rings. The number of nitrogens with one attached hydrogen (secondary N) is 1. The van der Waals surface area contributed by atoms with Crippen LogP contribution in [0.2, 0.25) is 5.02 Å². The molecule has 2 nitrogen and oxygen atoms in total. The second-order valence-electron chi connectivity index (χ2n) is 6.07. The third-order valence-electron chi connectivity index (χ3n) is 3.93. The van der Waals surface area contributed by atoms with Crippen LogP contribution in [0.3, 0.4) is 0 Å². The van der Waals surface area contributed by atoms with Crippen LogP contribution in [0.5, 0.6) is 0 Å². The highest BCUT2D eigenvalue weighted by molar-refractivity contribution is 6.31. The molecule has 0 spiro atoms. The Kier molecular flexibility index (Phi) is 4.69. The first-order chi connectivity index (χ1) is 11.0. The Morgan fingerprint density at radius 1 is 1.13 bits per heavy atom. The summed E-state index contributed by atoms with van der Waals surface area (Å²) in [5.74, 6) is -0.307. The third-order valence-corrected chi connectivity index (χ3v) is 4.28. The Labute approximate surface area is 140 Å². The molecule has 0 atom stereocenters. The SMILES string of the molecule is CC(C)NCc1cn(Cc2ccc(F)cc2Cl)c2ccccc12. The molecule has 0 fully saturated rings. The van der Waals surface area contributed by atoms with Crippen molar-refractivity contribution < 1.29 is 4.39 Å². The van der Waals surface area contributed by atoms with Gasteiger partial charge >= 0.3 is 0 Å². The van der Waals surface area contributed by atoms with E-state index in [-0.39, 0.29) is 5.82 Å². The number of rotatable bonds is 5. The summed E-state index contributed by atoms with van der Waals surface area (Å²) in [6.07, 6.45) is 2.15. The molecule has 0 saturated carbocycles. The van der Waals surface area contributed by atoms with Gasteiger partial charge in [0.25, 0.3) is 0 Å². The van der Waals surface area contributed by atoms with E-state index in [1.165, 1.54) is 23.1 Å². The molecule has 120 valence electrons. The number of hydrogen-bond donors (Lipinski definition) is 1. The second-order valence-corrected chi connectivity index (χ2v) is 6.48. The Morgan fingerprint density at radius 2 is 1.91 bits per heavy atom. The van der Waals surface area contributed by atoms with Gasteiger partial charge in [0.1, 0.15) is 5.82 Å². The number of aromatic nitrogens is 1. The van der Waals surface area contributed by atoms with Crippen molar-refractivity contribution >= 4 is 22.5 Å². The Bertz CT molecular complexity index is 823. The van der Waals surface area contributed by atoms with E-state index in [2.05, 4.69) is 48.1 Å². The monoisotopic (exact) mass is 330 g/mol. The third kappa shape index (κ3) is 3.57. The van der Waals surface area contributed by atoms with Crippen LogP contribution in [0.15, 0.2) is 48.7 Å². The molecule has 0 saturated heterocycles. The van der Waals surface area contributed by atoms with Crippen molar-refractivity contribution in [2.45, 2.75) is 33.0 Å². The summed E-state index contributed by atoms with van der Waals surface area (Å²) >= 11 is 6.17. The van der Waals surface area contributed by atoms with Crippen LogP contribution in [0, 0.1) is 5.82 Å². The predicted octanol–water partition coefficient (Wildman–Crippen LogP) is 4.98.